The van der Waals surface area contributed by atoms with Crippen LogP contribution in [0.3, 0.4) is 0 Å². The number of nitrogens with two attached hydrogens (primary N) is 1. The van der Waals surface area contributed by atoms with Crippen LogP contribution in [0, 0.1) is 0 Å². The van der Waals surface area contributed by atoms with E-state index in [1.165, 1.54) is 0 Å². The van der Waals surface area contributed by atoms with Crippen molar-refractivity contribution in [3.8, 4) is 17.0 Å². The van der Waals surface area contributed by atoms with Gasteiger partial charge >= 0.3 is 0 Å². The minimum atomic E-state index is 0.664. The summed E-state index contributed by atoms with van der Waals surface area (Å²) in [6.45, 7) is 0. The van der Waals surface area contributed by atoms with Gasteiger partial charge in [0.2, 0.25) is 5.78 Å². The summed E-state index contributed by atoms with van der Waals surface area (Å²) >= 11 is 0. The molecule has 4 aromatic rings. The van der Waals surface area contributed by atoms with E-state index in [1.54, 1.807) is 7.11 Å². The highest BCUT2D eigenvalue weighted by Gasteiger charge is 2.08. The summed E-state index contributed by atoms with van der Waals surface area (Å²) in [5, 5.41) is 0. The smallest absolute Gasteiger partial charge is 0.235 e. The van der Waals surface area contributed by atoms with Crippen LogP contribution in [-0.4, -0.2) is 21.5 Å². The average molecular weight is 290 g/mol. The predicted molar refractivity (Wildman–Crippen MR) is 86.9 cm³/mol. The summed E-state index contributed by atoms with van der Waals surface area (Å²) in [6.07, 6.45) is 1.98. The first-order chi connectivity index (χ1) is 10.7. The van der Waals surface area contributed by atoms with Gasteiger partial charge in [-0.1, -0.05) is 12.1 Å². The van der Waals surface area contributed by atoms with Crippen LogP contribution in [0.4, 0.5) is 5.69 Å². The van der Waals surface area contributed by atoms with Crippen molar-refractivity contribution in [2.45, 2.75) is 0 Å². The van der Waals surface area contributed by atoms with Gasteiger partial charge in [0.05, 0.1) is 23.8 Å². The van der Waals surface area contributed by atoms with Crippen LogP contribution in [0.2, 0.25) is 0 Å². The first-order valence-corrected chi connectivity index (χ1v) is 6.93. The molecule has 2 aromatic heterocycles. The van der Waals surface area contributed by atoms with E-state index in [9.17, 15) is 0 Å². The Labute approximate surface area is 127 Å². The normalized spacial score (nSPS) is 11.1. The summed E-state index contributed by atoms with van der Waals surface area (Å²) in [5.41, 5.74) is 10.2. The lowest BCUT2D eigenvalue weighted by Gasteiger charge is -2.02. The van der Waals surface area contributed by atoms with Crippen molar-refractivity contribution < 1.29 is 4.74 Å². The minimum absolute atomic E-state index is 0.664. The Morgan fingerprint density at radius 2 is 1.82 bits per heavy atom. The van der Waals surface area contributed by atoms with Crippen LogP contribution in [0.15, 0.2) is 54.7 Å². The molecule has 22 heavy (non-hydrogen) atoms. The molecule has 5 heteroatoms. The third kappa shape index (κ3) is 1.95. The molecular weight excluding hydrogens is 276 g/mol. The van der Waals surface area contributed by atoms with Crippen LogP contribution in [-0.2, 0) is 0 Å². The number of anilines is 1. The number of aromatic nitrogens is 3. The van der Waals surface area contributed by atoms with Gasteiger partial charge in [-0.05, 0) is 30.3 Å². The number of ether oxygens (including phenoxy) is 1. The standard InChI is InChI=1S/C17H14N4O/c1-22-13-6-7-16-15(10-13)20-17-19-14(8-9-21(16)17)11-2-4-12(18)5-3-11/h2-10H,18H2,1H3. The monoisotopic (exact) mass is 290 g/mol. The molecule has 0 spiro atoms. The molecule has 0 saturated heterocycles. The zero-order chi connectivity index (χ0) is 15.1. The Bertz CT molecular complexity index is 973. The van der Waals surface area contributed by atoms with Gasteiger partial charge in [-0.15, -0.1) is 0 Å². The molecule has 0 aliphatic heterocycles. The first kappa shape index (κ1) is 12.6. The SMILES string of the molecule is COc1ccc2c(c1)nc1nc(-c3ccc(N)cc3)ccn12. The van der Waals surface area contributed by atoms with Crippen LogP contribution in [0.5, 0.6) is 5.75 Å². The van der Waals surface area contributed by atoms with Crippen LogP contribution in [0.25, 0.3) is 28.1 Å². The number of methoxy groups -OCH3 is 1. The van der Waals surface area contributed by atoms with Gasteiger partial charge in [0, 0.05) is 23.5 Å². The molecule has 0 bridgehead atoms. The molecule has 0 amide bonds. The highest BCUT2D eigenvalue weighted by molar-refractivity contribution is 5.81. The number of nitrogens with zero attached hydrogens (tertiary/aromatic N) is 3. The molecule has 108 valence electrons. The van der Waals surface area contributed by atoms with Gasteiger partial charge in [0.1, 0.15) is 5.75 Å². The second-order valence-electron chi connectivity index (χ2n) is 5.07. The Kier molecular flexibility index (Phi) is 2.72. The maximum Gasteiger partial charge on any atom is 0.235 e. The van der Waals surface area contributed by atoms with E-state index >= 15 is 0 Å². The third-order valence-electron chi connectivity index (χ3n) is 3.69. The molecule has 2 aromatic carbocycles. The molecule has 0 saturated carbocycles. The summed E-state index contributed by atoms with van der Waals surface area (Å²) < 4.78 is 7.21. The van der Waals surface area contributed by atoms with Crippen molar-refractivity contribution in [1.82, 2.24) is 14.4 Å². The Morgan fingerprint density at radius 1 is 1.00 bits per heavy atom. The van der Waals surface area contributed by atoms with Crippen molar-refractivity contribution >= 4 is 22.5 Å². The van der Waals surface area contributed by atoms with E-state index < -0.39 is 0 Å². The van der Waals surface area contributed by atoms with E-state index in [-0.39, 0.29) is 0 Å². The van der Waals surface area contributed by atoms with E-state index in [1.807, 2.05) is 59.1 Å². The van der Waals surface area contributed by atoms with Gasteiger partial charge in [-0.2, -0.15) is 0 Å². The molecule has 0 aliphatic carbocycles. The fourth-order valence-corrected chi connectivity index (χ4v) is 2.52. The summed E-state index contributed by atoms with van der Waals surface area (Å²) in [4.78, 5) is 9.21. The quantitative estimate of drug-likeness (QED) is 0.576. The maximum atomic E-state index is 5.72. The Hall–Kier alpha value is -3.08. The molecule has 0 radical (unpaired) electrons. The average Bonchev–Trinajstić information content (AvgIpc) is 2.92. The topological polar surface area (TPSA) is 65.4 Å². The molecule has 0 atom stereocenters. The predicted octanol–water partition coefficient (Wildman–Crippen LogP) is 3.14. The van der Waals surface area contributed by atoms with Gasteiger partial charge < -0.3 is 10.5 Å². The lowest BCUT2D eigenvalue weighted by molar-refractivity contribution is 0.415. The number of nitrogen functional groups attached to an aromatic ring is 1. The number of hydrogen-bond acceptors (Lipinski definition) is 4. The lowest BCUT2D eigenvalue weighted by Crippen LogP contribution is -1.91. The maximum absolute atomic E-state index is 5.72. The summed E-state index contributed by atoms with van der Waals surface area (Å²) in [5.74, 6) is 1.45. The number of fused-ring (bicyclic) bond motifs is 3. The molecule has 0 fully saturated rings. The number of imidazole rings is 1. The fraction of sp³-hybridized carbons (Fsp3) is 0.0588. The highest BCUT2D eigenvalue weighted by Crippen LogP contribution is 2.24. The molecular formula is C17H14N4O. The molecule has 2 N–H and O–H groups in total. The van der Waals surface area contributed by atoms with Crippen molar-refractivity contribution in [3.63, 3.8) is 0 Å². The van der Waals surface area contributed by atoms with E-state index in [2.05, 4.69) is 9.97 Å². The second-order valence-corrected chi connectivity index (χ2v) is 5.07. The molecule has 0 aliphatic rings. The number of hydrogen-bond donors (Lipinski definition) is 1. The van der Waals surface area contributed by atoms with Gasteiger partial charge in [-0.25, -0.2) is 9.97 Å². The lowest BCUT2D eigenvalue weighted by atomic mass is 10.1. The first-order valence-electron chi connectivity index (χ1n) is 6.93. The largest absolute Gasteiger partial charge is 0.497 e. The van der Waals surface area contributed by atoms with Crippen molar-refractivity contribution in [2.75, 3.05) is 12.8 Å². The highest BCUT2D eigenvalue weighted by atomic mass is 16.5. The van der Waals surface area contributed by atoms with E-state index in [4.69, 9.17) is 10.5 Å². The van der Waals surface area contributed by atoms with Gasteiger partial charge in [-0.3, -0.25) is 4.40 Å². The zero-order valence-electron chi connectivity index (χ0n) is 12.0. The third-order valence-corrected chi connectivity index (χ3v) is 3.69. The van der Waals surface area contributed by atoms with Crippen molar-refractivity contribution in [1.29, 1.82) is 0 Å². The molecule has 0 unspecified atom stereocenters. The molecule has 4 rings (SSSR count). The Balaban J connectivity index is 1.90. The minimum Gasteiger partial charge on any atom is -0.497 e. The van der Waals surface area contributed by atoms with Crippen LogP contribution in [0.1, 0.15) is 0 Å². The number of rotatable bonds is 2. The molecule has 2 heterocycles. The van der Waals surface area contributed by atoms with Crippen molar-refractivity contribution in [3.05, 3.63) is 54.7 Å². The number of benzene rings is 2. The van der Waals surface area contributed by atoms with Crippen molar-refractivity contribution in [2.24, 2.45) is 0 Å². The van der Waals surface area contributed by atoms with Gasteiger partial charge in [0.15, 0.2) is 0 Å². The zero-order valence-corrected chi connectivity index (χ0v) is 12.0. The molecule has 5 nitrogen and oxygen atoms in total. The van der Waals surface area contributed by atoms with Crippen LogP contribution < -0.4 is 10.5 Å². The van der Waals surface area contributed by atoms with Crippen LogP contribution >= 0.6 is 0 Å². The Morgan fingerprint density at radius 3 is 2.59 bits per heavy atom. The van der Waals surface area contributed by atoms with E-state index in [0.717, 1.165) is 33.7 Å². The summed E-state index contributed by atoms with van der Waals surface area (Å²) in [6, 6.07) is 15.4. The van der Waals surface area contributed by atoms with E-state index in [0.29, 0.717) is 5.78 Å². The summed E-state index contributed by atoms with van der Waals surface area (Å²) in [7, 11) is 1.65. The van der Waals surface area contributed by atoms with Gasteiger partial charge in [0.25, 0.3) is 0 Å². The fourth-order valence-electron chi connectivity index (χ4n) is 2.52. The second kappa shape index (κ2) is 4.73.